The molecule has 7 nitrogen and oxygen atoms in total. The molecule has 3 aromatic rings. The lowest BCUT2D eigenvalue weighted by Crippen LogP contribution is -2.44. The standard InChI is InChI=1S/C24H28N6O/c1-16-15-28-23(30-24(16,25)21-3-2-4-22-20(21)11-14-27-22)29-17-5-7-18(8-6-17)31-19-9-12-26-13-10-19/h2-8,11,14-15,19,26-27H,9-10,12-13,25H2,1H3,(H2,28,29,30). The molecule has 1 unspecified atom stereocenters. The van der Waals surface area contributed by atoms with Crippen LogP contribution in [-0.2, 0) is 5.66 Å². The molecule has 0 bridgehead atoms. The van der Waals surface area contributed by atoms with Gasteiger partial charge in [0.1, 0.15) is 11.9 Å². The summed E-state index contributed by atoms with van der Waals surface area (Å²) < 4.78 is 6.09. The molecule has 0 aliphatic carbocycles. The van der Waals surface area contributed by atoms with E-state index in [1.54, 1.807) is 0 Å². The van der Waals surface area contributed by atoms with Gasteiger partial charge < -0.3 is 25.7 Å². The monoisotopic (exact) mass is 416 g/mol. The number of anilines is 1. The lowest BCUT2D eigenvalue weighted by Gasteiger charge is -2.32. The van der Waals surface area contributed by atoms with E-state index >= 15 is 0 Å². The molecule has 160 valence electrons. The van der Waals surface area contributed by atoms with Gasteiger partial charge in [-0.15, -0.1) is 0 Å². The summed E-state index contributed by atoms with van der Waals surface area (Å²) in [7, 11) is 0. The molecule has 2 aliphatic rings. The molecule has 0 spiro atoms. The summed E-state index contributed by atoms with van der Waals surface area (Å²) in [6.45, 7) is 4.02. The van der Waals surface area contributed by atoms with Gasteiger partial charge in [0.05, 0.1) is 0 Å². The molecule has 1 atom stereocenters. The molecule has 1 aromatic heterocycles. The highest BCUT2D eigenvalue weighted by Gasteiger charge is 2.33. The van der Waals surface area contributed by atoms with Crippen molar-refractivity contribution in [2.24, 2.45) is 10.7 Å². The molecule has 1 fully saturated rings. The number of nitrogens with two attached hydrogens (primary N) is 1. The highest BCUT2D eigenvalue weighted by Crippen LogP contribution is 2.34. The molecule has 7 heteroatoms. The maximum Gasteiger partial charge on any atom is 0.202 e. The van der Waals surface area contributed by atoms with E-state index < -0.39 is 5.66 Å². The highest BCUT2D eigenvalue weighted by molar-refractivity contribution is 5.96. The summed E-state index contributed by atoms with van der Waals surface area (Å²) in [4.78, 5) is 8.10. The van der Waals surface area contributed by atoms with Crippen LogP contribution in [0.15, 0.2) is 71.5 Å². The van der Waals surface area contributed by atoms with Crippen LogP contribution in [0.2, 0.25) is 0 Å². The molecule has 1 saturated heterocycles. The topological polar surface area (TPSA) is 99.5 Å². The summed E-state index contributed by atoms with van der Waals surface area (Å²) in [6.07, 6.45) is 6.20. The Morgan fingerprint density at radius 1 is 1.10 bits per heavy atom. The Morgan fingerprint density at radius 2 is 1.90 bits per heavy atom. The van der Waals surface area contributed by atoms with Gasteiger partial charge in [-0.3, -0.25) is 5.73 Å². The van der Waals surface area contributed by atoms with Crippen LogP contribution < -0.4 is 26.4 Å². The van der Waals surface area contributed by atoms with Crippen molar-refractivity contribution in [1.82, 2.24) is 15.6 Å². The maximum absolute atomic E-state index is 6.85. The second-order valence-corrected chi connectivity index (χ2v) is 8.16. The number of fused-ring (bicyclic) bond motifs is 1. The van der Waals surface area contributed by atoms with E-state index in [0.29, 0.717) is 5.96 Å². The van der Waals surface area contributed by atoms with Crippen LogP contribution >= 0.6 is 0 Å². The molecule has 5 rings (SSSR count). The number of benzene rings is 2. The number of rotatable bonds is 4. The molecular weight excluding hydrogens is 388 g/mol. The third kappa shape index (κ3) is 3.89. The van der Waals surface area contributed by atoms with Crippen molar-refractivity contribution in [1.29, 1.82) is 0 Å². The molecule has 0 amide bonds. The van der Waals surface area contributed by atoms with Crippen LogP contribution in [0.3, 0.4) is 0 Å². The van der Waals surface area contributed by atoms with Crippen molar-refractivity contribution in [2.75, 3.05) is 18.4 Å². The minimum atomic E-state index is -0.951. The summed E-state index contributed by atoms with van der Waals surface area (Å²) in [5, 5.41) is 11.0. The molecule has 31 heavy (non-hydrogen) atoms. The van der Waals surface area contributed by atoms with E-state index in [-0.39, 0.29) is 6.10 Å². The smallest absolute Gasteiger partial charge is 0.202 e. The largest absolute Gasteiger partial charge is 0.490 e. The fourth-order valence-electron chi connectivity index (χ4n) is 4.20. The van der Waals surface area contributed by atoms with Crippen LogP contribution in [0.4, 0.5) is 5.69 Å². The molecule has 0 radical (unpaired) electrons. The zero-order valence-electron chi connectivity index (χ0n) is 17.6. The van der Waals surface area contributed by atoms with Crippen molar-refractivity contribution in [3.8, 4) is 5.75 Å². The average molecular weight is 417 g/mol. The van der Waals surface area contributed by atoms with E-state index in [4.69, 9.17) is 15.5 Å². The number of aliphatic imine (C=N–C) groups is 1. The van der Waals surface area contributed by atoms with Crippen LogP contribution in [0.25, 0.3) is 10.9 Å². The Bertz CT molecular complexity index is 1130. The number of piperidine rings is 1. The van der Waals surface area contributed by atoms with Gasteiger partial charge in [-0.25, -0.2) is 4.99 Å². The average Bonchev–Trinajstić information content (AvgIpc) is 3.27. The SMILES string of the molecule is CC1=CNC(Nc2ccc(OC3CCNCC3)cc2)=NC1(N)c1cccc2[nH]ccc12. The van der Waals surface area contributed by atoms with Crippen molar-refractivity contribution >= 4 is 22.5 Å². The minimum Gasteiger partial charge on any atom is -0.490 e. The van der Waals surface area contributed by atoms with Crippen molar-refractivity contribution in [3.05, 3.63) is 72.1 Å². The van der Waals surface area contributed by atoms with E-state index in [2.05, 4.69) is 20.9 Å². The number of aromatic nitrogens is 1. The highest BCUT2D eigenvalue weighted by atomic mass is 16.5. The Kier molecular flexibility index (Phi) is 5.13. The number of nitrogens with zero attached hydrogens (tertiary/aromatic N) is 1. The summed E-state index contributed by atoms with van der Waals surface area (Å²) >= 11 is 0. The lowest BCUT2D eigenvalue weighted by molar-refractivity contribution is 0.162. The lowest BCUT2D eigenvalue weighted by atomic mass is 9.90. The third-order valence-electron chi connectivity index (χ3n) is 6.03. The van der Waals surface area contributed by atoms with E-state index in [1.807, 2.05) is 67.9 Å². The number of aromatic amines is 1. The summed E-state index contributed by atoms with van der Waals surface area (Å²) in [5.74, 6) is 1.49. The Labute approximate surface area is 181 Å². The van der Waals surface area contributed by atoms with Crippen molar-refractivity contribution < 1.29 is 4.74 Å². The number of hydrogen-bond acceptors (Lipinski definition) is 6. The molecule has 0 saturated carbocycles. The van der Waals surface area contributed by atoms with Gasteiger partial charge in [-0.2, -0.15) is 0 Å². The van der Waals surface area contributed by atoms with Gasteiger partial charge >= 0.3 is 0 Å². The maximum atomic E-state index is 6.85. The molecule has 3 heterocycles. The quantitative estimate of drug-likeness (QED) is 0.449. The number of hydrogen-bond donors (Lipinski definition) is 5. The van der Waals surface area contributed by atoms with Gasteiger partial charge in [0.25, 0.3) is 0 Å². The second-order valence-electron chi connectivity index (χ2n) is 8.16. The van der Waals surface area contributed by atoms with Crippen LogP contribution in [-0.4, -0.2) is 30.1 Å². The summed E-state index contributed by atoms with van der Waals surface area (Å²) in [6, 6.07) is 16.1. The van der Waals surface area contributed by atoms with Crippen LogP contribution in [0, 0.1) is 0 Å². The van der Waals surface area contributed by atoms with E-state index in [9.17, 15) is 0 Å². The van der Waals surface area contributed by atoms with Gasteiger partial charge in [0.2, 0.25) is 5.96 Å². The Hall–Kier alpha value is -3.29. The van der Waals surface area contributed by atoms with Crippen LogP contribution in [0.5, 0.6) is 5.75 Å². The molecular formula is C24H28N6O. The zero-order chi connectivity index (χ0) is 21.3. The first kappa shape index (κ1) is 19.7. The number of guanidine groups is 1. The van der Waals surface area contributed by atoms with E-state index in [1.165, 1.54) is 0 Å². The fourth-order valence-corrected chi connectivity index (χ4v) is 4.20. The van der Waals surface area contributed by atoms with Gasteiger partial charge in [-0.05, 0) is 74.8 Å². The van der Waals surface area contributed by atoms with E-state index in [0.717, 1.165) is 59.4 Å². The second kappa shape index (κ2) is 8.09. The number of ether oxygens (including phenoxy) is 1. The summed E-state index contributed by atoms with van der Waals surface area (Å²) in [5.41, 5.74) is 9.76. The first-order valence-electron chi connectivity index (χ1n) is 10.8. The molecule has 2 aliphatic heterocycles. The van der Waals surface area contributed by atoms with Crippen LogP contribution in [0.1, 0.15) is 25.3 Å². The van der Waals surface area contributed by atoms with Gasteiger partial charge in [0, 0.05) is 34.6 Å². The number of H-pyrrole nitrogens is 1. The third-order valence-corrected chi connectivity index (χ3v) is 6.03. The molecule has 2 aromatic carbocycles. The zero-order valence-corrected chi connectivity index (χ0v) is 17.6. The van der Waals surface area contributed by atoms with Gasteiger partial charge in [-0.1, -0.05) is 12.1 Å². The van der Waals surface area contributed by atoms with Gasteiger partial charge in [0.15, 0.2) is 5.66 Å². The van der Waals surface area contributed by atoms with Crippen molar-refractivity contribution in [2.45, 2.75) is 31.5 Å². The normalized spacial score (nSPS) is 21.9. The Morgan fingerprint density at radius 3 is 2.71 bits per heavy atom. The predicted molar refractivity (Wildman–Crippen MR) is 125 cm³/mol. The molecule has 6 N–H and O–H groups in total. The first-order chi connectivity index (χ1) is 15.1. The van der Waals surface area contributed by atoms with Crippen molar-refractivity contribution in [3.63, 3.8) is 0 Å². The number of nitrogens with one attached hydrogen (secondary N) is 4. The first-order valence-corrected chi connectivity index (χ1v) is 10.8. The predicted octanol–water partition coefficient (Wildman–Crippen LogP) is 3.39. The fraction of sp³-hybridized carbons (Fsp3) is 0.292. The minimum absolute atomic E-state index is 0.284. The Balaban J connectivity index is 1.35.